The van der Waals surface area contributed by atoms with E-state index in [9.17, 15) is 13.2 Å². The number of carboxylic acid groups (broad SMARTS) is 1. The van der Waals surface area contributed by atoms with E-state index in [1.807, 2.05) is 0 Å². The molecule has 5 nitrogen and oxygen atoms in total. The molecule has 7 heteroatoms. The van der Waals surface area contributed by atoms with Crippen LogP contribution in [-0.4, -0.2) is 41.2 Å². The summed E-state index contributed by atoms with van der Waals surface area (Å²) >= 11 is 1.30. The minimum Gasteiger partial charge on any atom is -0.478 e. The van der Waals surface area contributed by atoms with Crippen LogP contribution in [-0.2, 0) is 9.84 Å². The lowest BCUT2D eigenvalue weighted by atomic mass is 10.3. The van der Waals surface area contributed by atoms with Crippen LogP contribution in [0.4, 0.5) is 0 Å². The molecule has 0 fully saturated rings. The van der Waals surface area contributed by atoms with Crippen LogP contribution >= 0.6 is 11.8 Å². The Morgan fingerprint density at radius 1 is 1.44 bits per heavy atom. The molecule has 0 saturated heterocycles. The Bertz CT molecular complexity index is 508. The van der Waals surface area contributed by atoms with Gasteiger partial charge in [0.1, 0.15) is 0 Å². The van der Waals surface area contributed by atoms with Crippen molar-refractivity contribution in [3.8, 4) is 0 Å². The molecule has 0 bridgehead atoms. The Hall–Kier alpha value is -1.08. The number of nitrogens with zero attached hydrogens (tertiary/aromatic N) is 1. The lowest BCUT2D eigenvalue weighted by Crippen LogP contribution is -2.18. The van der Waals surface area contributed by atoms with Crippen LogP contribution in [0.2, 0.25) is 0 Å². The largest absolute Gasteiger partial charge is 0.478 e. The van der Waals surface area contributed by atoms with Gasteiger partial charge in [0.2, 0.25) is 0 Å². The van der Waals surface area contributed by atoms with Crippen LogP contribution < -0.4 is 0 Å². The van der Waals surface area contributed by atoms with E-state index >= 15 is 0 Å². The Morgan fingerprint density at radius 2 is 2.11 bits per heavy atom. The lowest BCUT2D eigenvalue weighted by Gasteiger charge is -2.06. The van der Waals surface area contributed by atoms with Crippen molar-refractivity contribution in [2.24, 2.45) is 0 Å². The van der Waals surface area contributed by atoms with Crippen LogP contribution in [0.3, 0.4) is 0 Å². The molecule has 0 aliphatic heterocycles. The Balaban J connectivity index is 2.52. The summed E-state index contributed by atoms with van der Waals surface area (Å²) in [6.07, 6.45) is 1.27. The molecular formula is C11H15NO4S2. The number of pyridine rings is 1. The SMILES string of the molecule is CC(C)S(=O)(=O)CCSc1ccc(C(=O)O)cn1. The molecule has 0 aliphatic rings. The second-order valence-corrected chi connectivity index (χ2v) is 7.75. The summed E-state index contributed by atoms with van der Waals surface area (Å²) in [5.74, 6) is -0.515. The first-order valence-electron chi connectivity index (χ1n) is 5.36. The highest BCUT2D eigenvalue weighted by molar-refractivity contribution is 8.00. The van der Waals surface area contributed by atoms with Crippen molar-refractivity contribution in [2.75, 3.05) is 11.5 Å². The third kappa shape index (κ3) is 4.30. The number of hydrogen-bond donors (Lipinski definition) is 1. The summed E-state index contributed by atoms with van der Waals surface area (Å²) < 4.78 is 23.1. The fraction of sp³-hybridized carbons (Fsp3) is 0.455. The molecule has 0 aliphatic carbocycles. The summed E-state index contributed by atoms with van der Waals surface area (Å²) in [4.78, 5) is 14.6. The molecule has 0 unspecified atom stereocenters. The molecule has 1 N–H and O–H groups in total. The Labute approximate surface area is 111 Å². The maximum atomic E-state index is 11.6. The molecule has 18 heavy (non-hydrogen) atoms. The zero-order valence-electron chi connectivity index (χ0n) is 10.2. The third-order valence-corrected chi connectivity index (χ3v) is 5.73. The van der Waals surface area contributed by atoms with Crippen molar-refractivity contribution in [2.45, 2.75) is 24.1 Å². The second kappa shape index (κ2) is 6.19. The highest BCUT2D eigenvalue weighted by Crippen LogP contribution is 2.16. The van der Waals surface area contributed by atoms with E-state index < -0.39 is 15.8 Å². The van der Waals surface area contributed by atoms with E-state index in [-0.39, 0.29) is 16.6 Å². The minimum atomic E-state index is -3.03. The van der Waals surface area contributed by atoms with Gasteiger partial charge < -0.3 is 5.11 Å². The standard InChI is InChI=1S/C11H15NO4S2/c1-8(2)18(15,16)6-5-17-10-4-3-9(7-12-10)11(13)14/h3-4,7-8H,5-6H2,1-2H3,(H,13,14). The molecule has 0 amide bonds. The van der Waals surface area contributed by atoms with Gasteiger partial charge in [0, 0.05) is 11.9 Å². The zero-order valence-corrected chi connectivity index (χ0v) is 11.8. The van der Waals surface area contributed by atoms with Gasteiger partial charge in [-0.25, -0.2) is 18.2 Å². The minimum absolute atomic E-state index is 0.0949. The molecule has 0 radical (unpaired) electrons. The summed E-state index contributed by atoms with van der Waals surface area (Å²) in [5.41, 5.74) is 0.120. The van der Waals surface area contributed by atoms with Gasteiger partial charge in [0.15, 0.2) is 9.84 Å². The topological polar surface area (TPSA) is 84.3 Å². The molecule has 0 atom stereocenters. The van der Waals surface area contributed by atoms with E-state index in [0.29, 0.717) is 10.8 Å². The molecule has 1 heterocycles. The predicted octanol–water partition coefficient (Wildman–Crippen LogP) is 1.70. The van der Waals surface area contributed by atoms with Crippen LogP contribution in [0.1, 0.15) is 24.2 Å². The number of aromatic carboxylic acids is 1. The van der Waals surface area contributed by atoms with Crippen molar-refractivity contribution in [3.05, 3.63) is 23.9 Å². The van der Waals surface area contributed by atoms with E-state index in [0.717, 1.165) is 0 Å². The summed E-state index contributed by atoms with van der Waals surface area (Å²) in [6, 6.07) is 3.03. The van der Waals surface area contributed by atoms with Gasteiger partial charge in [-0.2, -0.15) is 0 Å². The molecule has 1 aromatic heterocycles. The fourth-order valence-corrected chi connectivity index (χ4v) is 3.32. The maximum Gasteiger partial charge on any atom is 0.337 e. The molecule has 0 aromatic carbocycles. The van der Waals surface area contributed by atoms with Gasteiger partial charge in [0.05, 0.1) is 21.6 Å². The van der Waals surface area contributed by atoms with Gasteiger partial charge in [-0.1, -0.05) is 0 Å². The number of aromatic nitrogens is 1. The average Bonchev–Trinajstić information content (AvgIpc) is 2.29. The summed E-state index contributed by atoms with van der Waals surface area (Å²) in [5, 5.41) is 8.94. The van der Waals surface area contributed by atoms with Crippen LogP contribution in [0.25, 0.3) is 0 Å². The van der Waals surface area contributed by atoms with E-state index in [4.69, 9.17) is 5.11 Å². The second-order valence-electron chi connectivity index (χ2n) is 3.95. The first kappa shape index (κ1) is 15.0. The van der Waals surface area contributed by atoms with Crippen molar-refractivity contribution < 1.29 is 18.3 Å². The number of sulfone groups is 1. The first-order chi connectivity index (χ1) is 8.33. The van der Waals surface area contributed by atoms with E-state index in [1.54, 1.807) is 19.9 Å². The van der Waals surface area contributed by atoms with Gasteiger partial charge in [-0.15, -0.1) is 11.8 Å². The van der Waals surface area contributed by atoms with Gasteiger partial charge in [-0.05, 0) is 26.0 Å². The van der Waals surface area contributed by atoms with Crippen molar-refractivity contribution >= 4 is 27.6 Å². The summed E-state index contributed by atoms with van der Waals surface area (Å²) in [7, 11) is -3.03. The molecular weight excluding hydrogens is 274 g/mol. The van der Waals surface area contributed by atoms with E-state index in [2.05, 4.69) is 4.98 Å². The smallest absolute Gasteiger partial charge is 0.337 e. The normalized spacial score (nSPS) is 11.7. The fourth-order valence-electron chi connectivity index (χ4n) is 1.09. The number of hydrogen-bond acceptors (Lipinski definition) is 5. The van der Waals surface area contributed by atoms with E-state index in [1.165, 1.54) is 24.0 Å². The van der Waals surface area contributed by atoms with Gasteiger partial charge in [0.25, 0.3) is 0 Å². The highest BCUT2D eigenvalue weighted by Gasteiger charge is 2.15. The maximum absolute atomic E-state index is 11.6. The Morgan fingerprint density at radius 3 is 2.56 bits per heavy atom. The van der Waals surface area contributed by atoms with Crippen molar-refractivity contribution in [3.63, 3.8) is 0 Å². The zero-order chi connectivity index (χ0) is 13.8. The quantitative estimate of drug-likeness (QED) is 0.802. The number of thioether (sulfide) groups is 1. The number of rotatable bonds is 6. The lowest BCUT2D eigenvalue weighted by molar-refractivity contribution is 0.0696. The molecule has 1 aromatic rings. The summed E-state index contributed by atoms with van der Waals surface area (Å²) in [6.45, 7) is 3.31. The Kier molecular flexibility index (Phi) is 5.15. The molecule has 100 valence electrons. The highest BCUT2D eigenvalue weighted by atomic mass is 32.2. The number of carboxylic acids is 1. The predicted molar refractivity (Wildman–Crippen MR) is 70.8 cm³/mol. The van der Waals surface area contributed by atoms with Crippen LogP contribution in [0.15, 0.2) is 23.4 Å². The monoisotopic (exact) mass is 289 g/mol. The van der Waals surface area contributed by atoms with Gasteiger partial charge in [-0.3, -0.25) is 0 Å². The van der Waals surface area contributed by atoms with Crippen molar-refractivity contribution in [1.82, 2.24) is 4.98 Å². The average molecular weight is 289 g/mol. The van der Waals surface area contributed by atoms with Crippen LogP contribution in [0, 0.1) is 0 Å². The molecule has 0 saturated carbocycles. The molecule has 0 spiro atoms. The van der Waals surface area contributed by atoms with Crippen molar-refractivity contribution in [1.29, 1.82) is 0 Å². The third-order valence-electron chi connectivity index (χ3n) is 2.32. The molecule has 1 rings (SSSR count). The first-order valence-corrected chi connectivity index (χ1v) is 8.07. The van der Waals surface area contributed by atoms with Gasteiger partial charge >= 0.3 is 5.97 Å². The number of carbonyl (C=O) groups is 1. The van der Waals surface area contributed by atoms with Crippen LogP contribution in [0.5, 0.6) is 0 Å².